The number of carbonyl (C=O) groups excluding carboxylic acids is 1. The standard InChI is InChI=1S/C18H17F3N2O/c1-12-5-4-8-16(22-12)17(24)23(14-9-10-14)11-13-6-2-3-7-15(13)18(19,20)21/h2-8,14H,9-11H2,1H3. The van der Waals surface area contributed by atoms with Crippen molar-refractivity contribution in [3.8, 4) is 0 Å². The maximum absolute atomic E-state index is 13.2. The lowest BCUT2D eigenvalue weighted by atomic mass is 10.1. The minimum atomic E-state index is -4.43. The maximum atomic E-state index is 13.2. The van der Waals surface area contributed by atoms with Crippen molar-refractivity contribution in [3.63, 3.8) is 0 Å². The van der Waals surface area contributed by atoms with Gasteiger partial charge < -0.3 is 4.90 Å². The topological polar surface area (TPSA) is 33.2 Å². The zero-order valence-corrected chi connectivity index (χ0v) is 13.2. The minimum absolute atomic E-state index is 0.0129. The fourth-order valence-electron chi connectivity index (χ4n) is 2.68. The van der Waals surface area contributed by atoms with Crippen molar-refractivity contribution in [2.45, 2.75) is 38.5 Å². The average molecular weight is 334 g/mol. The number of amides is 1. The fourth-order valence-corrected chi connectivity index (χ4v) is 2.68. The highest BCUT2D eigenvalue weighted by atomic mass is 19.4. The van der Waals surface area contributed by atoms with Crippen LogP contribution in [0.4, 0.5) is 13.2 Å². The summed E-state index contributed by atoms with van der Waals surface area (Å²) in [7, 11) is 0. The van der Waals surface area contributed by atoms with Crippen LogP contribution in [-0.4, -0.2) is 21.8 Å². The molecule has 6 heteroatoms. The molecule has 1 saturated carbocycles. The van der Waals surface area contributed by atoms with Crippen LogP contribution in [0.3, 0.4) is 0 Å². The third-order valence-corrected chi connectivity index (χ3v) is 4.02. The molecular formula is C18H17F3N2O. The van der Waals surface area contributed by atoms with E-state index in [0.29, 0.717) is 5.69 Å². The highest BCUT2D eigenvalue weighted by molar-refractivity contribution is 5.92. The molecule has 1 aliphatic carbocycles. The number of hydrogen-bond donors (Lipinski definition) is 0. The molecule has 1 aromatic carbocycles. The maximum Gasteiger partial charge on any atom is 0.416 e. The molecule has 0 spiro atoms. The van der Waals surface area contributed by atoms with Gasteiger partial charge in [0.1, 0.15) is 5.69 Å². The Morgan fingerprint density at radius 1 is 1.17 bits per heavy atom. The Kier molecular flexibility index (Phi) is 4.30. The summed E-state index contributed by atoms with van der Waals surface area (Å²) in [4.78, 5) is 18.4. The Hall–Kier alpha value is -2.37. The summed E-state index contributed by atoms with van der Waals surface area (Å²) in [5.41, 5.74) is 0.386. The van der Waals surface area contributed by atoms with Crippen molar-refractivity contribution in [2.75, 3.05) is 0 Å². The predicted molar refractivity (Wildman–Crippen MR) is 83.3 cm³/mol. The van der Waals surface area contributed by atoms with Crippen molar-refractivity contribution in [1.82, 2.24) is 9.88 Å². The Morgan fingerprint density at radius 3 is 2.50 bits per heavy atom. The number of alkyl halides is 3. The van der Waals surface area contributed by atoms with E-state index < -0.39 is 11.7 Å². The van der Waals surface area contributed by atoms with Gasteiger partial charge in [-0.05, 0) is 43.5 Å². The van der Waals surface area contributed by atoms with Gasteiger partial charge in [0.15, 0.2) is 0 Å². The van der Waals surface area contributed by atoms with Gasteiger partial charge in [0, 0.05) is 18.3 Å². The summed E-state index contributed by atoms with van der Waals surface area (Å²) < 4.78 is 39.5. The lowest BCUT2D eigenvalue weighted by Gasteiger charge is -2.24. The molecule has 24 heavy (non-hydrogen) atoms. The molecule has 0 radical (unpaired) electrons. The third-order valence-electron chi connectivity index (χ3n) is 4.02. The number of hydrogen-bond acceptors (Lipinski definition) is 2. The van der Waals surface area contributed by atoms with Gasteiger partial charge in [0.05, 0.1) is 5.56 Å². The van der Waals surface area contributed by atoms with Crippen LogP contribution < -0.4 is 0 Å². The van der Waals surface area contributed by atoms with E-state index in [1.807, 2.05) is 0 Å². The number of pyridine rings is 1. The molecule has 1 fully saturated rings. The highest BCUT2D eigenvalue weighted by Gasteiger charge is 2.37. The number of aromatic nitrogens is 1. The van der Waals surface area contributed by atoms with E-state index in [4.69, 9.17) is 0 Å². The van der Waals surface area contributed by atoms with E-state index in [1.165, 1.54) is 17.0 Å². The molecule has 0 unspecified atom stereocenters. The van der Waals surface area contributed by atoms with Crippen LogP contribution in [-0.2, 0) is 12.7 Å². The van der Waals surface area contributed by atoms with Crippen LogP contribution in [0.15, 0.2) is 42.5 Å². The van der Waals surface area contributed by atoms with Crippen LogP contribution >= 0.6 is 0 Å². The molecule has 1 aliphatic rings. The number of halogens is 3. The minimum Gasteiger partial charge on any atom is -0.330 e. The molecule has 0 bridgehead atoms. The van der Waals surface area contributed by atoms with E-state index in [2.05, 4.69) is 4.98 Å². The van der Waals surface area contributed by atoms with E-state index in [1.54, 1.807) is 31.2 Å². The molecule has 3 rings (SSSR count). The van der Waals surface area contributed by atoms with Gasteiger partial charge in [-0.15, -0.1) is 0 Å². The van der Waals surface area contributed by atoms with Gasteiger partial charge in [0.2, 0.25) is 0 Å². The zero-order valence-electron chi connectivity index (χ0n) is 13.2. The smallest absolute Gasteiger partial charge is 0.330 e. The fraction of sp³-hybridized carbons (Fsp3) is 0.333. The largest absolute Gasteiger partial charge is 0.416 e. The molecular weight excluding hydrogens is 317 g/mol. The molecule has 1 amide bonds. The first-order valence-corrected chi connectivity index (χ1v) is 7.76. The van der Waals surface area contributed by atoms with Gasteiger partial charge in [-0.25, -0.2) is 4.98 Å². The molecule has 1 aromatic heterocycles. The molecule has 1 heterocycles. The van der Waals surface area contributed by atoms with Crippen molar-refractivity contribution >= 4 is 5.91 Å². The lowest BCUT2D eigenvalue weighted by Crippen LogP contribution is -2.34. The van der Waals surface area contributed by atoms with Gasteiger partial charge in [0.25, 0.3) is 5.91 Å². The third kappa shape index (κ3) is 3.58. The van der Waals surface area contributed by atoms with Crippen LogP contribution in [0, 0.1) is 6.92 Å². The van der Waals surface area contributed by atoms with E-state index in [9.17, 15) is 18.0 Å². The summed E-state index contributed by atoms with van der Waals surface area (Å²) in [6.45, 7) is 1.71. The van der Waals surface area contributed by atoms with Gasteiger partial charge in [-0.2, -0.15) is 13.2 Å². The summed E-state index contributed by atoms with van der Waals surface area (Å²) in [6, 6.07) is 10.5. The van der Waals surface area contributed by atoms with Crippen LogP contribution in [0.5, 0.6) is 0 Å². The Labute approximate surface area is 138 Å². The van der Waals surface area contributed by atoms with E-state index in [-0.39, 0.29) is 29.8 Å². The monoisotopic (exact) mass is 334 g/mol. The first kappa shape index (κ1) is 16.5. The van der Waals surface area contributed by atoms with Crippen molar-refractivity contribution in [1.29, 1.82) is 0 Å². The van der Waals surface area contributed by atoms with Crippen molar-refractivity contribution < 1.29 is 18.0 Å². The quantitative estimate of drug-likeness (QED) is 0.839. The Balaban J connectivity index is 1.90. The number of benzene rings is 1. The molecule has 0 atom stereocenters. The second kappa shape index (κ2) is 6.26. The molecule has 3 nitrogen and oxygen atoms in total. The summed E-state index contributed by atoms with van der Waals surface area (Å²) >= 11 is 0. The average Bonchev–Trinajstić information content (AvgIpc) is 3.36. The zero-order chi connectivity index (χ0) is 17.3. The van der Waals surface area contributed by atoms with Gasteiger partial charge in [-0.1, -0.05) is 24.3 Å². The van der Waals surface area contributed by atoms with Crippen molar-refractivity contribution in [2.24, 2.45) is 0 Å². The first-order chi connectivity index (χ1) is 11.4. The second-order valence-electron chi connectivity index (χ2n) is 5.98. The number of carbonyl (C=O) groups is 1. The van der Waals surface area contributed by atoms with Crippen molar-refractivity contribution in [3.05, 3.63) is 65.0 Å². The highest BCUT2D eigenvalue weighted by Crippen LogP contribution is 2.35. The normalized spacial score (nSPS) is 14.5. The molecule has 2 aromatic rings. The summed E-state index contributed by atoms with van der Waals surface area (Å²) in [5.74, 6) is -0.321. The van der Waals surface area contributed by atoms with E-state index in [0.717, 1.165) is 18.9 Å². The summed E-state index contributed by atoms with van der Waals surface area (Å²) in [6.07, 6.45) is -2.81. The Morgan fingerprint density at radius 2 is 1.88 bits per heavy atom. The Bertz CT molecular complexity index is 754. The molecule has 0 aliphatic heterocycles. The predicted octanol–water partition coefficient (Wildman–Crippen LogP) is 4.21. The van der Waals surface area contributed by atoms with E-state index >= 15 is 0 Å². The molecule has 126 valence electrons. The van der Waals surface area contributed by atoms with Crippen LogP contribution in [0.25, 0.3) is 0 Å². The summed E-state index contributed by atoms with van der Waals surface area (Å²) in [5, 5.41) is 0. The molecule has 0 N–H and O–H groups in total. The SMILES string of the molecule is Cc1cccc(C(=O)N(Cc2ccccc2C(F)(F)F)C2CC2)n1. The van der Waals surface area contributed by atoms with Gasteiger partial charge in [-0.3, -0.25) is 4.79 Å². The second-order valence-corrected chi connectivity index (χ2v) is 5.98. The first-order valence-electron chi connectivity index (χ1n) is 7.76. The number of rotatable bonds is 4. The molecule has 0 saturated heterocycles. The number of nitrogens with zero attached hydrogens (tertiary/aromatic N) is 2. The van der Waals surface area contributed by atoms with Gasteiger partial charge >= 0.3 is 6.18 Å². The lowest BCUT2D eigenvalue weighted by molar-refractivity contribution is -0.138. The van der Waals surface area contributed by atoms with Crippen LogP contribution in [0.2, 0.25) is 0 Å². The number of aryl methyl sites for hydroxylation is 1. The van der Waals surface area contributed by atoms with Crippen LogP contribution in [0.1, 0.15) is 40.2 Å².